The van der Waals surface area contributed by atoms with Gasteiger partial charge in [0, 0.05) is 0 Å². The molecule has 0 heterocycles. The predicted octanol–water partition coefficient (Wildman–Crippen LogP) is 4.00. The molecule has 148 valence electrons. The quantitative estimate of drug-likeness (QED) is 0.360. The van der Waals surface area contributed by atoms with Crippen LogP contribution in [0.5, 0.6) is 0 Å². The van der Waals surface area contributed by atoms with Crippen molar-refractivity contribution in [2.75, 3.05) is 13.2 Å². The molecule has 8 heteroatoms. The Balaban J connectivity index is 1.98. The minimum Gasteiger partial charge on any atom is -0.284 e. The largest absolute Gasteiger partial charge is 0.301 e. The number of hydrogen-bond acceptors (Lipinski definition) is 5. The lowest BCUT2D eigenvalue weighted by atomic mass is 10.00. The summed E-state index contributed by atoms with van der Waals surface area (Å²) >= 11 is -2.26. The minimum atomic E-state index is -3.84. The molecule has 0 amide bonds. The third-order valence-corrected chi connectivity index (χ3v) is 5.75. The first-order valence-corrected chi connectivity index (χ1v) is 11.0. The zero-order valence-electron chi connectivity index (χ0n) is 15.4. The van der Waals surface area contributed by atoms with Crippen molar-refractivity contribution >= 4 is 21.5 Å². The molecule has 6 nitrogen and oxygen atoms in total. The second kappa shape index (κ2) is 10.1. The van der Waals surface area contributed by atoms with Crippen LogP contribution in [0.1, 0.15) is 30.4 Å². The summed E-state index contributed by atoms with van der Waals surface area (Å²) in [6, 6.07) is 12.9. The van der Waals surface area contributed by atoms with Crippen LogP contribution in [0.4, 0.5) is 0 Å². The van der Waals surface area contributed by atoms with Crippen LogP contribution in [0.15, 0.2) is 47.4 Å². The van der Waals surface area contributed by atoms with E-state index in [1.165, 1.54) is 0 Å². The summed E-state index contributed by atoms with van der Waals surface area (Å²) < 4.78 is 53.3. The van der Waals surface area contributed by atoms with E-state index in [-0.39, 0.29) is 18.1 Å². The van der Waals surface area contributed by atoms with Gasteiger partial charge in [0.15, 0.2) is 0 Å². The van der Waals surface area contributed by atoms with Crippen LogP contribution in [-0.2, 0) is 29.8 Å². The van der Waals surface area contributed by atoms with Crippen molar-refractivity contribution in [1.82, 2.24) is 0 Å². The number of rotatable bonds is 10. The second-order valence-corrected chi connectivity index (χ2v) is 8.50. The topological polar surface area (TPSA) is 89.9 Å². The zero-order chi connectivity index (χ0) is 19.9. The maximum Gasteiger partial charge on any atom is 0.301 e. The minimum absolute atomic E-state index is 0.0539. The molecule has 0 spiro atoms. The van der Waals surface area contributed by atoms with Crippen molar-refractivity contribution in [3.05, 3.63) is 53.6 Å². The Morgan fingerprint density at radius 1 is 0.963 bits per heavy atom. The van der Waals surface area contributed by atoms with Gasteiger partial charge in [-0.15, -0.1) is 0 Å². The third kappa shape index (κ3) is 6.82. The van der Waals surface area contributed by atoms with Crippen molar-refractivity contribution in [2.24, 2.45) is 0 Å². The highest BCUT2D eigenvalue weighted by atomic mass is 32.2. The molecular formula is C19H24O6S2. The molecule has 2 rings (SSSR count). The van der Waals surface area contributed by atoms with Gasteiger partial charge in [-0.25, -0.2) is 0 Å². The molecule has 1 N–H and O–H groups in total. The van der Waals surface area contributed by atoms with Gasteiger partial charge in [0.2, 0.25) is 0 Å². The summed E-state index contributed by atoms with van der Waals surface area (Å²) in [5.74, 6) is 0. The van der Waals surface area contributed by atoms with Crippen molar-refractivity contribution < 1.29 is 25.5 Å². The molecule has 0 aliphatic carbocycles. The normalized spacial score (nSPS) is 12.9. The Morgan fingerprint density at radius 2 is 1.63 bits per heavy atom. The van der Waals surface area contributed by atoms with E-state index in [1.54, 1.807) is 18.2 Å². The molecule has 0 fully saturated rings. The predicted molar refractivity (Wildman–Crippen MR) is 105 cm³/mol. The fourth-order valence-electron chi connectivity index (χ4n) is 2.55. The van der Waals surface area contributed by atoms with Crippen LogP contribution in [-0.4, -0.2) is 30.4 Å². The van der Waals surface area contributed by atoms with E-state index in [0.29, 0.717) is 19.3 Å². The Morgan fingerprint density at radius 3 is 2.30 bits per heavy atom. The van der Waals surface area contributed by atoms with Gasteiger partial charge >= 0.3 is 11.4 Å². The summed E-state index contributed by atoms with van der Waals surface area (Å²) in [6.07, 6.45) is 1.70. The number of unbranched alkanes of at least 4 members (excludes halogenated alkanes) is 2. The zero-order valence-corrected chi connectivity index (χ0v) is 17.0. The van der Waals surface area contributed by atoms with Crippen LogP contribution in [0.25, 0.3) is 11.1 Å². The van der Waals surface area contributed by atoms with Gasteiger partial charge < -0.3 is 0 Å². The number of hydrogen-bond donors (Lipinski definition) is 1. The van der Waals surface area contributed by atoms with Crippen LogP contribution < -0.4 is 0 Å². The molecule has 0 aliphatic rings. The Bertz CT molecular complexity index is 876. The fraction of sp³-hybridized carbons (Fsp3) is 0.368. The first-order valence-electron chi connectivity index (χ1n) is 8.61. The first kappa shape index (κ1) is 21.7. The van der Waals surface area contributed by atoms with E-state index in [2.05, 4.69) is 4.18 Å². The summed E-state index contributed by atoms with van der Waals surface area (Å²) in [4.78, 5) is 0.127. The van der Waals surface area contributed by atoms with E-state index >= 15 is 0 Å². The molecule has 0 saturated heterocycles. The molecular weight excluding hydrogens is 388 g/mol. The number of benzene rings is 2. The molecule has 2 aromatic rings. The summed E-state index contributed by atoms with van der Waals surface area (Å²) in [5, 5.41) is 0. The van der Waals surface area contributed by atoms with Gasteiger partial charge in [-0.3, -0.25) is 12.9 Å². The Labute approximate surface area is 163 Å². The van der Waals surface area contributed by atoms with Gasteiger partial charge in [-0.2, -0.15) is 12.6 Å². The van der Waals surface area contributed by atoms with Crippen molar-refractivity contribution in [3.63, 3.8) is 0 Å². The monoisotopic (exact) mass is 412 g/mol. The Kier molecular flexibility index (Phi) is 8.12. The maximum atomic E-state index is 12.4. The highest BCUT2D eigenvalue weighted by Gasteiger charge is 2.17. The molecule has 27 heavy (non-hydrogen) atoms. The fourth-order valence-corrected chi connectivity index (χ4v) is 3.78. The van der Waals surface area contributed by atoms with E-state index in [9.17, 15) is 12.6 Å². The van der Waals surface area contributed by atoms with Gasteiger partial charge in [-0.05, 0) is 61.9 Å². The van der Waals surface area contributed by atoms with Crippen LogP contribution in [0.3, 0.4) is 0 Å². The maximum absolute atomic E-state index is 12.4. The van der Waals surface area contributed by atoms with E-state index < -0.39 is 21.5 Å². The molecule has 2 aromatic carbocycles. The van der Waals surface area contributed by atoms with Crippen LogP contribution >= 0.6 is 0 Å². The van der Waals surface area contributed by atoms with Gasteiger partial charge in [0.05, 0.1) is 18.1 Å². The first-order chi connectivity index (χ1) is 12.8. The standard InChI is InChI=1S/C19H24O6S2/c1-15-6-9-17(10-7-15)19-14-18(11-8-16(19)2)27(22,23)25-13-5-3-4-12-24-26(20)21/h6-11,14H,3-5,12-13H2,1-2H3,(H,20,21). The van der Waals surface area contributed by atoms with Crippen molar-refractivity contribution in [1.29, 1.82) is 0 Å². The molecule has 0 bridgehead atoms. The van der Waals surface area contributed by atoms with E-state index in [0.717, 1.165) is 22.3 Å². The molecule has 0 aliphatic heterocycles. The summed E-state index contributed by atoms with van der Waals surface area (Å²) in [5.41, 5.74) is 3.93. The lowest BCUT2D eigenvalue weighted by Gasteiger charge is -2.11. The van der Waals surface area contributed by atoms with Gasteiger partial charge in [0.25, 0.3) is 10.1 Å². The smallest absolute Gasteiger partial charge is 0.284 e. The SMILES string of the molecule is Cc1ccc(-c2cc(S(=O)(=O)OCCCCCOS(=O)O)ccc2C)cc1. The molecule has 0 radical (unpaired) electrons. The Hall–Kier alpha value is -1.58. The molecule has 1 atom stereocenters. The third-order valence-electron chi connectivity index (χ3n) is 4.07. The van der Waals surface area contributed by atoms with Crippen molar-refractivity contribution in [3.8, 4) is 11.1 Å². The summed E-state index contributed by atoms with van der Waals surface area (Å²) in [6.45, 7) is 4.14. The van der Waals surface area contributed by atoms with E-state index in [1.807, 2.05) is 38.1 Å². The second-order valence-electron chi connectivity index (χ2n) is 6.22. The van der Waals surface area contributed by atoms with Gasteiger partial charge in [-0.1, -0.05) is 35.9 Å². The highest BCUT2D eigenvalue weighted by Crippen LogP contribution is 2.27. The average molecular weight is 413 g/mol. The van der Waals surface area contributed by atoms with Crippen LogP contribution in [0.2, 0.25) is 0 Å². The van der Waals surface area contributed by atoms with E-state index in [4.69, 9.17) is 8.74 Å². The highest BCUT2D eigenvalue weighted by molar-refractivity contribution is 7.86. The molecule has 1 unspecified atom stereocenters. The average Bonchev–Trinajstić information content (AvgIpc) is 2.61. The van der Waals surface area contributed by atoms with Crippen LogP contribution in [0, 0.1) is 13.8 Å². The number of aryl methyl sites for hydroxylation is 2. The lowest BCUT2D eigenvalue weighted by molar-refractivity contribution is 0.279. The van der Waals surface area contributed by atoms with Gasteiger partial charge in [0.1, 0.15) is 0 Å². The summed E-state index contributed by atoms with van der Waals surface area (Å²) in [7, 11) is -3.84. The molecule has 0 aromatic heterocycles. The van der Waals surface area contributed by atoms with Crippen molar-refractivity contribution in [2.45, 2.75) is 38.0 Å². The molecule has 0 saturated carbocycles. The lowest BCUT2D eigenvalue weighted by Crippen LogP contribution is -2.08.